The number of hydrogen-bond donors (Lipinski definition) is 8. The maximum Gasteiger partial charge on any atom is 0.399 e. The molecule has 0 bridgehead atoms. The monoisotopic (exact) mass is 1170 g/mol. The number of rotatable bonds is 19. The number of piperidine rings is 1. The number of nitrogens with two attached hydrogens (primary N) is 1. The Balaban J connectivity index is 0.920. The SMILES string of the molecule is CC(C)C(=O)N1CC[C@H]2CC[C@@H](C(=O)N[C@@H](CCC(N)=O)C(=O)N[C@H](C(=O)NCCCCC#Cc3cccc4c3CN(C3CCC(=O)NC3=O)C4=O)c3ccccc3)N2C(=O)[C@@H](NC(=O)c2cc3cc(C(F)(F)P(=O)(O)O)ccc3s2)C1. The van der Waals surface area contributed by atoms with E-state index in [9.17, 15) is 71.1 Å². The Morgan fingerprint density at radius 2 is 1.67 bits per heavy atom. The molecule has 4 aliphatic heterocycles. The topological polar surface area (TPSA) is 324 Å². The highest BCUT2D eigenvalue weighted by Gasteiger charge is 2.51. The second kappa shape index (κ2) is 25.5. The van der Waals surface area contributed by atoms with Gasteiger partial charge in [0.1, 0.15) is 30.2 Å². The van der Waals surface area contributed by atoms with Gasteiger partial charge in [0.2, 0.25) is 47.3 Å². The van der Waals surface area contributed by atoms with E-state index in [1.54, 1.807) is 62.4 Å². The van der Waals surface area contributed by atoms with Crippen LogP contribution in [0.1, 0.15) is 126 Å². The molecule has 3 saturated heterocycles. The number of unbranched alkanes of at least 4 members (excludes halogenated alkanes) is 2. The van der Waals surface area contributed by atoms with Gasteiger partial charge in [-0.3, -0.25) is 57.8 Å². The minimum atomic E-state index is -5.91. The molecule has 22 nitrogen and oxygen atoms in total. The number of benzene rings is 3. The molecule has 0 aliphatic carbocycles. The number of carbonyl (C=O) groups is 10. The highest BCUT2D eigenvalue weighted by molar-refractivity contribution is 7.52. The number of fused-ring (bicyclic) bond motifs is 3. The number of hydrogen-bond acceptors (Lipinski definition) is 12. The van der Waals surface area contributed by atoms with Crippen molar-refractivity contribution in [3.63, 3.8) is 0 Å². The van der Waals surface area contributed by atoms with Gasteiger partial charge in [-0.25, -0.2) is 0 Å². The maximum absolute atomic E-state index is 14.8. The van der Waals surface area contributed by atoms with Gasteiger partial charge in [-0.05, 0) is 91.8 Å². The summed E-state index contributed by atoms with van der Waals surface area (Å²) in [4.78, 5) is 157. The van der Waals surface area contributed by atoms with Crippen LogP contribution < -0.4 is 32.3 Å². The average Bonchev–Trinajstić information content (AvgIpc) is 4.18. The first-order chi connectivity index (χ1) is 38.9. The van der Waals surface area contributed by atoms with Crippen LogP contribution in [-0.4, -0.2) is 133 Å². The van der Waals surface area contributed by atoms with E-state index >= 15 is 0 Å². The molecule has 9 N–H and O–H groups in total. The molecular formula is C56H62F2N9O13PS. The Morgan fingerprint density at radius 3 is 2.38 bits per heavy atom. The molecule has 1 aromatic heterocycles. The second-order valence-electron chi connectivity index (χ2n) is 20.9. The van der Waals surface area contributed by atoms with Gasteiger partial charge in [-0.2, -0.15) is 8.78 Å². The quantitative estimate of drug-likeness (QED) is 0.0290. The highest BCUT2D eigenvalue weighted by atomic mass is 32.1. The zero-order chi connectivity index (χ0) is 59.2. The Kier molecular flexibility index (Phi) is 18.7. The van der Waals surface area contributed by atoms with E-state index in [1.807, 2.05) is 0 Å². The second-order valence-corrected chi connectivity index (χ2v) is 23.6. The smallest absolute Gasteiger partial charge is 0.370 e. The number of amides is 10. The van der Waals surface area contributed by atoms with Crippen molar-refractivity contribution in [1.82, 2.24) is 41.3 Å². The number of alkyl halides is 2. The van der Waals surface area contributed by atoms with E-state index in [0.29, 0.717) is 46.2 Å². The highest BCUT2D eigenvalue weighted by Crippen LogP contribution is 2.59. The summed E-state index contributed by atoms with van der Waals surface area (Å²) in [6, 6.07) is 10.8. The summed E-state index contributed by atoms with van der Waals surface area (Å²) in [5, 5.41) is 13.3. The minimum Gasteiger partial charge on any atom is -0.370 e. The summed E-state index contributed by atoms with van der Waals surface area (Å²) in [6.07, 6.45) is 1.83. The molecule has 4 aromatic rings. The average molecular weight is 1170 g/mol. The fraction of sp³-hybridized carbons (Fsp3) is 0.429. The number of nitrogens with one attached hydrogen (secondary N) is 5. The van der Waals surface area contributed by atoms with Crippen LogP contribution >= 0.6 is 18.9 Å². The molecule has 5 heterocycles. The number of nitrogens with zero attached hydrogens (tertiary/aromatic N) is 3. The van der Waals surface area contributed by atoms with Crippen molar-refractivity contribution in [2.45, 2.75) is 127 Å². The predicted octanol–water partition coefficient (Wildman–Crippen LogP) is 3.18. The molecular weight excluding hydrogens is 1110 g/mol. The van der Waals surface area contributed by atoms with E-state index in [1.165, 1.54) is 26.8 Å². The van der Waals surface area contributed by atoms with E-state index in [4.69, 9.17) is 5.73 Å². The molecule has 3 fully saturated rings. The lowest BCUT2D eigenvalue weighted by atomic mass is 10.0. The Morgan fingerprint density at radius 1 is 0.915 bits per heavy atom. The van der Waals surface area contributed by atoms with Crippen molar-refractivity contribution in [1.29, 1.82) is 0 Å². The van der Waals surface area contributed by atoms with E-state index < -0.39 is 102 Å². The van der Waals surface area contributed by atoms with Crippen LogP contribution in [0.5, 0.6) is 0 Å². The first kappa shape index (κ1) is 60.2. The van der Waals surface area contributed by atoms with Crippen LogP contribution in [0.4, 0.5) is 8.78 Å². The molecule has 6 atom stereocenters. The van der Waals surface area contributed by atoms with Crippen LogP contribution in [0.15, 0.2) is 72.8 Å². The number of halogens is 2. The third kappa shape index (κ3) is 13.5. The molecule has 434 valence electrons. The van der Waals surface area contributed by atoms with Gasteiger partial charge >= 0.3 is 13.3 Å². The normalized spacial score (nSPS) is 19.9. The van der Waals surface area contributed by atoms with Crippen molar-refractivity contribution in [3.8, 4) is 11.8 Å². The van der Waals surface area contributed by atoms with E-state index in [0.717, 1.165) is 23.5 Å². The van der Waals surface area contributed by atoms with Gasteiger partial charge < -0.3 is 51.5 Å². The fourth-order valence-corrected chi connectivity index (χ4v) is 12.0. The summed E-state index contributed by atoms with van der Waals surface area (Å²) < 4.78 is 41.1. The zero-order valence-corrected chi connectivity index (χ0v) is 46.5. The standard InChI is InChI=1S/C56H62F2N9O13PS/c1-31(2)53(75)65-26-24-36-17-19-42(67(36)55(77)40(30-65)62-51(73)44-28-34-27-35(16-21-43(34)82-44)56(57,58)81(78,79)80)50(72)61-39(18-22-45(59)68)48(70)64-47(33-12-7-5-8-13-33)52(74)60-25-9-4-3-6-11-32-14-10-15-37-38(32)29-66(54(37)76)41-20-23-46(69)63-49(41)71/h5,7-8,10,12-16,21,27-28,31,36,39-42,47H,3-4,9,17-20,22-26,29-30H2,1-2H3,(H2,59,68)(H,60,74)(H,61,72)(H,62,73)(H,64,70)(H,63,69,71)(H2,78,79,80)/t36-,39+,40+,41?,42+,47+/m1/s1. The lowest BCUT2D eigenvalue weighted by molar-refractivity contribution is -0.146. The third-order valence-corrected chi connectivity index (χ3v) is 17.0. The van der Waals surface area contributed by atoms with Crippen LogP contribution in [-0.2, 0) is 55.1 Å². The lowest BCUT2D eigenvalue weighted by Gasteiger charge is -2.39. The van der Waals surface area contributed by atoms with Gasteiger partial charge in [0.25, 0.3) is 11.8 Å². The maximum atomic E-state index is 14.8. The van der Waals surface area contributed by atoms with Crippen LogP contribution in [0.3, 0.4) is 0 Å². The van der Waals surface area contributed by atoms with Crippen molar-refractivity contribution < 1.29 is 71.1 Å². The molecule has 0 radical (unpaired) electrons. The molecule has 0 spiro atoms. The first-order valence-corrected chi connectivity index (χ1v) is 29.2. The molecule has 0 saturated carbocycles. The number of thiophene rings is 1. The molecule has 3 aromatic carbocycles. The number of carbonyl (C=O) groups excluding carboxylic acids is 10. The van der Waals surface area contributed by atoms with Gasteiger partial charge in [0.15, 0.2) is 0 Å². The first-order valence-electron chi connectivity index (χ1n) is 26.8. The van der Waals surface area contributed by atoms with Gasteiger partial charge in [-0.15, -0.1) is 11.3 Å². The molecule has 4 aliphatic rings. The summed E-state index contributed by atoms with van der Waals surface area (Å²) in [5.41, 5.74) is 2.19. The van der Waals surface area contributed by atoms with E-state index in [-0.39, 0.29) is 99.1 Å². The molecule has 26 heteroatoms. The van der Waals surface area contributed by atoms with Gasteiger partial charge in [0, 0.05) is 78.8 Å². The fourth-order valence-electron chi connectivity index (χ4n) is 10.6. The molecule has 8 rings (SSSR count). The molecule has 82 heavy (non-hydrogen) atoms. The number of imide groups is 1. The summed E-state index contributed by atoms with van der Waals surface area (Å²) in [6.45, 7) is 3.54. The number of primary amides is 1. The van der Waals surface area contributed by atoms with Crippen molar-refractivity contribution in [3.05, 3.63) is 105 Å². The summed E-state index contributed by atoms with van der Waals surface area (Å²) >= 11 is 0.858. The summed E-state index contributed by atoms with van der Waals surface area (Å²) in [5.74, 6) is -0.317. The predicted molar refractivity (Wildman–Crippen MR) is 293 cm³/mol. The van der Waals surface area contributed by atoms with Crippen molar-refractivity contribution >= 4 is 88.1 Å². The van der Waals surface area contributed by atoms with E-state index in [2.05, 4.69) is 38.4 Å². The van der Waals surface area contributed by atoms with Crippen molar-refractivity contribution in [2.75, 3.05) is 19.6 Å². The molecule has 10 amide bonds. The van der Waals surface area contributed by atoms with Gasteiger partial charge in [-0.1, -0.05) is 68.2 Å². The van der Waals surface area contributed by atoms with Crippen LogP contribution in [0.25, 0.3) is 10.1 Å². The Labute approximate surface area is 473 Å². The minimum absolute atomic E-state index is 0.0562. The Bertz CT molecular complexity index is 3330. The Hall–Kier alpha value is -7.91. The van der Waals surface area contributed by atoms with Crippen LogP contribution in [0.2, 0.25) is 0 Å². The summed E-state index contributed by atoms with van der Waals surface area (Å²) in [7, 11) is -5.91. The third-order valence-electron chi connectivity index (χ3n) is 14.9. The largest absolute Gasteiger partial charge is 0.399 e. The van der Waals surface area contributed by atoms with Crippen LogP contribution in [0, 0.1) is 17.8 Å². The van der Waals surface area contributed by atoms with Gasteiger partial charge in [0.05, 0.1) is 4.88 Å². The lowest BCUT2D eigenvalue weighted by Crippen LogP contribution is -2.62. The zero-order valence-electron chi connectivity index (χ0n) is 44.8. The molecule has 1 unspecified atom stereocenters. The van der Waals surface area contributed by atoms with Crippen molar-refractivity contribution in [2.24, 2.45) is 11.7 Å².